The van der Waals surface area contributed by atoms with Gasteiger partial charge in [0.25, 0.3) is 5.91 Å². The van der Waals surface area contributed by atoms with Crippen LogP contribution in [0.25, 0.3) is 11.4 Å². The molecule has 0 spiro atoms. The standard InChI is InChI=1S/C25H28N4O3/c1-29-11-10-22(28-29)21-9-8-17(15-26-21)12-18-13-20(24-23(14-18)31-16-32-24)25(30)27-19-6-4-2-3-5-7-19/h8-11,13-15,19H,2-7,12,16H2,1H3,(H,27,30). The van der Waals surface area contributed by atoms with Crippen LogP contribution in [0.15, 0.2) is 42.7 Å². The molecule has 5 rings (SSSR count). The second-order valence-corrected chi connectivity index (χ2v) is 8.64. The van der Waals surface area contributed by atoms with Crippen LogP contribution in [0.2, 0.25) is 0 Å². The molecule has 166 valence electrons. The fourth-order valence-corrected chi connectivity index (χ4v) is 4.49. The summed E-state index contributed by atoms with van der Waals surface area (Å²) in [7, 11) is 1.89. The van der Waals surface area contributed by atoms with Crippen molar-refractivity contribution >= 4 is 5.91 Å². The maximum atomic E-state index is 13.1. The number of nitrogens with zero attached hydrogens (tertiary/aromatic N) is 3. The van der Waals surface area contributed by atoms with Crippen molar-refractivity contribution in [1.29, 1.82) is 0 Å². The number of carbonyl (C=O) groups is 1. The molecule has 1 aliphatic heterocycles. The summed E-state index contributed by atoms with van der Waals surface area (Å²) in [6.45, 7) is 0.142. The van der Waals surface area contributed by atoms with E-state index in [0.717, 1.165) is 35.4 Å². The highest BCUT2D eigenvalue weighted by Gasteiger charge is 2.25. The van der Waals surface area contributed by atoms with E-state index in [1.165, 1.54) is 25.7 Å². The Kier molecular flexibility index (Phi) is 5.79. The van der Waals surface area contributed by atoms with Crippen LogP contribution in [-0.4, -0.2) is 33.5 Å². The fourth-order valence-electron chi connectivity index (χ4n) is 4.49. The van der Waals surface area contributed by atoms with Gasteiger partial charge in [0.05, 0.1) is 11.3 Å². The van der Waals surface area contributed by atoms with Gasteiger partial charge in [0.1, 0.15) is 5.69 Å². The molecule has 0 atom stereocenters. The molecule has 3 heterocycles. The topological polar surface area (TPSA) is 78.3 Å². The molecule has 1 aliphatic carbocycles. The second-order valence-electron chi connectivity index (χ2n) is 8.64. The van der Waals surface area contributed by atoms with Gasteiger partial charge in [-0.25, -0.2) is 0 Å². The van der Waals surface area contributed by atoms with Gasteiger partial charge in [-0.2, -0.15) is 5.10 Å². The quantitative estimate of drug-likeness (QED) is 0.610. The number of rotatable bonds is 5. The molecule has 7 nitrogen and oxygen atoms in total. The van der Waals surface area contributed by atoms with Gasteiger partial charge in [0, 0.05) is 25.5 Å². The van der Waals surface area contributed by atoms with E-state index < -0.39 is 0 Å². The van der Waals surface area contributed by atoms with E-state index in [1.54, 1.807) is 4.68 Å². The molecular weight excluding hydrogens is 404 g/mol. The smallest absolute Gasteiger partial charge is 0.255 e. The summed E-state index contributed by atoms with van der Waals surface area (Å²) in [6.07, 6.45) is 11.3. The summed E-state index contributed by atoms with van der Waals surface area (Å²) < 4.78 is 13.0. The Morgan fingerprint density at radius 2 is 1.91 bits per heavy atom. The number of amides is 1. The fraction of sp³-hybridized carbons (Fsp3) is 0.400. The zero-order valence-corrected chi connectivity index (χ0v) is 18.3. The zero-order chi connectivity index (χ0) is 21.9. The van der Waals surface area contributed by atoms with Crippen molar-refractivity contribution in [2.45, 2.75) is 51.0 Å². The predicted octanol–water partition coefficient (Wildman–Crippen LogP) is 4.25. The van der Waals surface area contributed by atoms with E-state index in [9.17, 15) is 4.79 Å². The van der Waals surface area contributed by atoms with Crippen molar-refractivity contribution in [3.05, 3.63) is 59.4 Å². The van der Waals surface area contributed by atoms with E-state index in [4.69, 9.17) is 9.47 Å². The Morgan fingerprint density at radius 1 is 1.06 bits per heavy atom. The van der Waals surface area contributed by atoms with E-state index in [0.29, 0.717) is 23.5 Å². The minimum absolute atomic E-state index is 0.0795. The molecule has 0 radical (unpaired) electrons. The number of hydrogen-bond acceptors (Lipinski definition) is 5. The summed E-state index contributed by atoms with van der Waals surface area (Å²) >= 11 is 0. The average Bonchev–Trinajstić information content (AvgIpc) is 3.37. The number of nitrogens with one attached hydrogen (secondary N) is 1. The molecule has 0 unspecified atom stereocenters. The van der Waals surface area contributed by atoms with Crippen molar-refractivity contribution in [3.8, 4) is 22.9 Å². The minimum Gasteiger partial charge on any atom is -0.454 e. The molecule has 2 aliphatic rings. The number of aryl methyl sites for hydroxylation is 1. The maximum Gasteiger partial charge on any atom is 0.255 e. The van der Waals surface area contributed by atoms with Crippen molar-refractivity contribution < 1.29 is 14.3 Å². The molecule has 32 heavy (non-hydrogen) atoms. The first kappa shape index (κ1) is 20.5. The lowest BCUT2D eigenvalue weighted by Crippen LogP contribution is -2.34. The van der Waals surface area contributed by atoms with Crippen LogP contribution in [0.5, 0.6) is 11.5 Å². The maximum absolute atomic E-state index is 13.1. The summed E-state index contributed by atoms with van der Waals surface area (Å²) in [5, 5.41) is 7.63. The second kappa shape index (κ2) is 9.02. The third kappa shape index (κ3) is 4.47. The van der Waals surface area contributed by atoms with Crippen molar-refractivity contribution in [2.75, 3.05) is 6.79 Å². The summed E-state index contributed by atoms with van der Waals surface area (Å²) in [6, 6.07) is 10.1. The number of benzene rings is 1. The number of pyridine rings is 1. The lowest BCUT2D eigenvalue weighted by molar-refractivity contribution is 0.0928. The highest BCUT2D eigenvalue weighted by Crippen LogP contribution is 2.37. The van der Waals surface area contributed by atoms with Gasteiger partial charge in [0.15, 0.2) is 11.5 Å². The van der Waals surface area contributed by atoms with Crippen LogP contribution >= 0.6 is 0 Å². The molecule has 1 saturated carbocycles. The molecule has 1 amide bonds. The summed E-state index contributed by atoms with van der Waals surface area (Å²) in [4.78, 5) is 17.7. The molecule has 0 bridgehead atoms. The van der Waals surface area contributed by atoms with Crippen LogP contribution in [-0.2, 0) is 13.5 Å². The minimum atomic E-state index is -0.0795. The predicted molar refractivity (Wildman–Crippen MR) is 121 cm³/mol. The Labute approximate surface area is 187 Å². The van der Waals surface area contributed by atoms with Gasteiger partial charge in [-0.15, -0.1) is 0 Å². The van der Waals surface area contributed by atoms with Gasteiger partial charge >= 0.3 is 0 Å². The Balaban J connectivity index is 1.35. The number of ether oxygens (including phenoxy) is 2. The monoisotopic (exact) mass is 432 g/mol. The normalized spacial score (nSPS) is 16.0. The lowest BCUT2D eigenvalue weighted by Gasteiger charge is -2.17. The Morgan fingerprint density at radius 3 is 2.62 bits per heavy atom. The van der Waals surface area contributed by atoms with Gasteiger partial charge in [0.2, 0.25) is 6.79 Å². The summed E-state index contributed by atoms with van der Waals surface area (Å²) in [5.41, 5.74) is 4.28. The molecule has 7 heteroatoms. The van der Waals surface area contributed by atoms with Crippen LogP contribution in [0.3, 0.4) is 0 Å². The molecule has 2 aromatic heterocycles. The van der Waals surface area contributed by atoms with E-state index >= 15 is 0 Å². The lowest BCUT2D eigenvalue weighted by atomic mass is 10.0. The van der Waals surface area contributed by atoms with Crippen molar-refractivity contribution in [2.24, 2.45) is 7.05 Å². The molecule has 3 aromatic rings. The third-order valence-electron chi connectivity index (χ3n) is 6.18. The van der Waals surface area contributed by atoms with Gasteiger partial charge in [-0.3, -0.25) is 14.5 Å². The molecule has 0 saturated heterocycles. The highest BCUT2D eigenvalue weighted by molar-refractivity contribution is 5.98. The van der Waals surface area contributed by atoms with E-state index in [1.807, 2.05) is 49.8 Å². The first-order chi connectivity index (χ1) is 15.7. The molecule has 1 N–H and O–H groups in total. The van der Waals surface area contributed by atoms with Crippen LogP contribution < -0.4 is 14.8 Å². The first-order valence-corrected chi connectivity index (χ1v) is 11.3. The van der Waals surface area contributed by atoms with Gasteiger partial charge < -0.3 is 14.8 Å². The van der Waals surface area contributed by atoms with Crippen LogP contribution in [0.4, 0.5) is 0 Å². The average molecular weight is 433 g/mol. The Hall–Kier alpha value is -3.35. The third-order valence-corrected chi connectivity index (χ3v) is 6.18. The molecule has 1 aromatic carbocycles. The van der Waals surface area contributed by atoms with Gasteiger partial charge in [-0.1, -0.05) is 31.7 Å². The highest BCUT2D eigenvalue weighted by atomic mass is 16.7. The first-order valence-electron chi connectivity index (χ1n) is 11.3. The van der Waals surface area contributed by atoms with Gasteiger partial charge in [-0.05, 0) is 54.7 Å². The summed E-state index contributed by atoms with van der Waals surface area (Å²) in [5.74, 6) is 1.10. The number of carbonyl (C=O) groups excluding carboxylic acids is 1. The largest absolute Gasteiger partial charge is 0.454 e. The molecular formula is C25H28N4O3. The van der Waals surface area contributed by atoms with Crippen LogP contribution in [0.1, 0.15) is 60.0 Å². The number of fused-ring (bicyclic) bond motifs is 1. The molecule has 1 fully saturated rings. The van der Waals surface area contributed by atoms with E-state index in [2.05, 4.69) is 15.4 Å². The Bertz CT molecular complexity index is 1100. The number of aromatic nitrogens is 3. The zero-order valence-electron chi connectivity index (χ0n) is 18.3. The van der Waals surface area contributed by atoms with E-state index in [-0.39, 0.29) is 18.7 Å². The number of hydrogen-bond donors (Lipinski definition) is 1. The SMILES string of the molecule is Cn1ccc(-c2ccc(Cc3cc4c(c(C(=O)NC5CCCCCC5)c3)OCO4)cn2)n1. The van der Waals surface area contributed by atoms with Crippen molar-refractivity contribution in [1.82, 2.24) is 20.1 Å². The van der Waals surface area contributed by atoms with Crippen molar-refractivity contribution in [3.63, 3.8) is 0 Å². The van der Waals surface area contributed by atoms with Crippen LogP contribution in [0, 0.1) is 0 Å².